The summed E-state index contributed by atoms with van der Waals surface area (Å²) in [6, 6.07) is 12.6. The van der Waals surface area contributed by atoms with E-state index in [0.717, 1.165) is 22.2 Å². The lowest BCUT2D eigenvalue weighted by molar-refractivity contribution is 0.0951. The van der Waals surface area contributed by atoms with Crippen molar-refractivity contribution >= 4 is 34.1 Å². The van der Waals surface area contributed by atoms with Crippen LogP contribution < -0.4 is 10.6 Å². The highest BCUT2D eigenvalue weighted by atomic mass is 35.5. The molecule has 0 aliphatic rings. The third-order valence-corrected chi connectivity index (χ3v) is 5.44. The fourth-order valence-electron chi connectivity index (χ4n) is 3.63. The van der Waals surface area contributed by atoms with Gasteiger partial charge in [-0.2, -0.15) is 5.10 Å². The van der Waals surface area contributed by atoms with Gasteiger partial charge in [-0.05, 0) is 42.3 Å². The SMILES string of the molecule is Cn1ccc(CNc2ccc(C(=O)NCCc3cn(C)c4cc(Cl)ccc34)c(O)c2)n1. The van der Waals surface area contributed by atoms with Gasteiger partial charge >= 0.3 is 0 Å². The number of rotatable bonds is 7. The molecule has 0 radical (unpaired) electrons. The van der Waals surface area contributed by atoms with Crippen LogP contribution in [-0.2, 0) is 27.1 Å². The van der Waals surface area contributed by atoms with Crippen molar-refractivity contribution in [3.63, 3.8) is 0 Å². The summed E-state index contributed by atoms with van der Waals surface area (Å²) in [5.74, 6) is -0.375. The standard InChI is InChI=1S/C23H24ClN5O2/c1-28-14-15(19-5-3-16(24)11-21(19)28)7-9-25-23(31)20-6-4-17(12-22(20)30)26-13-18-8-10-29(2)27-18/h3-6,8,10-12,14,26,30H,7,9,13H2,1-2H3,(H,25,31). The van der Waals surface area contributed by atoms with Gasteiger partial charge < -0.3 is 20.3 Å². The maximum Gasteiger partial charge on any atom is 0.255 e. The van der Waals surface area contributed by atoms with Crippen LogP contribution in [0.5, 0.6) is 5.75 Å². The van der Waals surface area contributed by atoms with Gasteiger partial charge in [-0.3, -0.25) is 9.48 Å². The van der Waals surface area contributed by atoms with Crippen LogP contribution in [0.25, 0.3) is 10.9 Å². The Bertz CT molecular complexity index is 1240. The van der Waals surface area contributed by atoms with Gasteiger partial charge in [0.15, 0.2) is 0 Å². The molecule has 0 aliphatic heterocycles. The minimum atomic E-state index is -0.308. The molecule has 0 fully saturated rings. The number of nitrogens with one attached hydrogen (secondary N) is 2. The molecule has 2 heterocycles. The zero-order valence-electron chi connectivity index (χ0n) is 17.4. The number of hydrogen-bond acceptors (Lipinski definition) is 4. The molecule has 8 heteroatoms. The third kappa shape index (κ3) is 4.67. The van der Waals surface area contributed by atoms with Crippen LogP contribution in [0.2, 0.25) is 5.02 Å². The van der Waals surface area contributed by atoms with Gasteiger partial charge in [0.2, 0.25) is 0 Å². The van der Waals surface area contributed by atoms with Crippen molar-refractivity contribution in [3.8, 4) is 5.75 Å². The molecule has 160 valence electrons. The van der Waals surface area contributed by atoms with Crippen LogP contribution in [-0.4, -0.2) is 31.9 Å². The predicted octanol–water partition coefficient (Wildman–Crippen LogP) is 3.86. The maximum absolute atomic E-state index is 12.5. The summed E-state index contributed by atoms with van der Waals surface area (Å²) in [4.78, 5) is 12.5. The molecule has 0 atom stereocenters. The number of aromatic nitrogens is 3. The lowest BCUT2D eigenvalue weighted by atomic mass is 10.1. The molecule has 3 N–H and O–H groups in total. The molecular weight excluding hydrogens is 414 g/mol. The summed E-state index contributed by atoms with van der Waals surface area (Å²) >= 11 is 6.09. The zero-order valence-corrected chi connectivity index (χ0v) is 18.1. The Kier molecular flexibility index (Phi) is 5.86. The molecule has 2 aromatic carbocycles. The predicted molar refractivity (Wildman–Crippen MR) is 123 cm³/mol. The number of anilines is 1. The number of fused-ring (bicyclic) bond motifs is 1. The Balaban J connectivity index is 1.35. The minimum absolute atomic E-state index is 0.0664. The summed E-state index contributed by atoms with van der Waals surface area (Å²) < 4.78 is 3.76. The van der Waals surface area contributed by atoms with Crippen molar-refractivity contribution in [2.45, 2.75) is 13.0 Å². The minimum Gasteiger partial charge on any atom is -0.507 e. The molecule has 0 unspecified atom stereocenters. The highest BCUT2D eigenvalue weighted by Crippen LogP contribution is 2.25. The number of aromatic hydroxyl groups is 1. The smallest absolute Gasteiger partial charge is 0.255 e. The second-order valence-corrected chi connectivity index (χ2v) is 7.94. The van der Waals surface area contributed by atoms with Gasteiger partial charge in [0, 0.05) is 60.7 Å². The maximum atomic E-state index is 12.5. The van der Waals surface area contributed by atoms with Crippen LogP contribution in [0, 0.1) is 0 Å². The van der Waals surface area contributed by atoms with Crippen LogP contribution in [0.15, 0.2) is 54.9 Å². The Morgan fingerprint density at radius 2 is 2.00 bits per heavy atom. The van der Waals surface area contributed by atoms with Crippen molar-refractivity contribution in [1.82, 2.24) is 19.7 Å². The zero-order chi connectivity index (χ0) is 22.0. The van der Waals surface area contributed by atoms with Crippen LogP contribution in [0.4, 0.5) is 5.69 Å². The molecule has 2 aromatic heterocycles. The number of benzene rings is 2. The van der Waals surface area contributed by atoms with E-state index in [4.69, 9.17) is 11.6 Å². The van der Waals surface area contributed by atoms with E-state index in [2.05, 4.69) is 15.7 Å². The fourth-order valence-corrected chi connectivity index (χ4v) is 3.80. The van der Waals surface area contributed by atoms with E-state index in [9.17, 15) is 9.90 Å². The first-order chi connectivity index (χ1) is 14.9. The lowest BCUT2D eigenvalue weighted by Gasteiger charge is -2.10. The third-order valence-electron chi connectivity index (χ3n) is 5.20. The van der Waals surface area contributed by atoms with E-state index in [1.807, 2.05) is 55.3 Å². The number of amides is 1. The van der Waals surface area contributed by atoms with E-state index in [1.54, 1.807) is 22.9 Å². The van der Waals surface area contributed by atoms with Crippen LogP contribution >= 0.6 is 11.6 Å². The van der Waals surface area contributed by atoms with Crippen LogP contribution in [0.1, 0.15) is 21.6 Å². The van der Waals surface area contributed by atoms with Crippen molar-refractivity contribution in [1.29, 1.82) is 0 Å². The highest BCUT2D eigenvalue weighted by Gasteiger charge is 2.13. The molecule has 0 saturated heterocycles. The second kappa shape index (κ2) is 8.73. The number of carbonyl (C=O) groups is 1. The number of halogens is 1. The summed E-state index contributed by atoms with van der Waals surface area (Å²) in [6.07, 6.45) is 4.59. The molecule has 4 aromatic rings. The van der Waals surface area contributed by atoms with Crippen molar-refractivity contribution in [2.75, 3.05) is 11.9 Å². The van der Waals surface area contributed by atoms with E-state index >= 15 is 0 Å². The van der Waals surface area contributed by atoms with Crippen LogP contribution in [0.3, 0.4) is 0 Å². The summed E-state index contributed by atoms with van der Waals surface area (Å²) in [5.41, 5.74) is 4.04. The molecule has 31 heavy (non-hydrogen) atoms. The molecule has 4 rings (SSSR count). The number of aryl methyl sites for hydroxylation is 2. The quantitative estimate of drug-likeness (QED) is 0.410. The average molecular weight is 438 g/mol. The van der Waals surface area contributed by atoms with E-state index in [0.29, 0.717) is 30.2 Å². The largest absolute Gasteiger partial charge is 0.507 e. The fraction of sp³-hybridized carbons (Fsp3) is 0.217. The van der Waals surface area contributed by atoms with Gasteiger partial charge in [0.25, 0.3) is 5.91 Å². The molecule has 0 aliphatic carbocycles. The Morgan fingerprint density at radius 3 is 2.74 bits per heavy atom. The first-order valence-electron chi connectivity index (χ1n) is 9.98. The Morgan fingerprint density at radius 1 is 1.16 bits per heavy atom. The number of phenolic OH excluding ortho intramolecular Hbond substituents is 1. The summed E-state index contributed by atoms with van der Waals surface area (Å²) in [6.45, 7) is 0.988. The first kappa shape index (κ1) is 20.8. The average Bonchev–Trinajstić information content (AvgIpc) is 3.29. The van der Waals surface area contributed by atoms with E-state index in [1.165, 1.54) is 0 Å². The van der Waals surface area contributed by atoms with E-state index < -0.39 is 0 Å². The number of nitrogens with zero attached hydrogens (tertiary/aromatic N) is 3. The molecule has 0 spiro atoms. The van der Waals surface area contributed by atoms with Crippen molar-refractivity contribution in [3.05, 3.63) is 76.7 Å². The summed E-state index contributed by atoms with van der Waals surface area (Å²) in [5, 5.41) is 22.5. The second-order valence-electron chi connectivity index (χ2n) is 7.50. The van der Waals surface area contributed by atoms with E-state index in [-0.39, 0.29) is 17.2 Å². The Labute approximate surface area is 185 Å². The van der Waals surface area contributed by atoms with Gasteiger partial charge in [0.1, 0.15) is 5.75 Å². The summed E-state index contributed by atoms with van der Waals surface area (Å²) in [7, 11) is 3.83. The molecule has 1 amide bonds. The molecule has 7 nitrogen and oxygen atoms in total. The van der Waals surface area contributed by atoms with Crippen molar-refractivity contribution in [2.24, 2.45) is 14.1 Å². The monoisotopic (exact) mass is 437 g/mol. The molecule has 0 bridgehead atoms. The number of phenols is 1. The van der Waals surface area contributed by atoms with Gasteiger partial charge in [-0.25, -0.2) is 0 Å². The number of hydrogen-bond donors (Lipinski definition) is 3. The molecule has 0 saturated carbocycles. The number of carbonyl (C=O) groups excluding carboxylic acids is 1. The highest BCUT2D eigenvalue weighted by molar-refractivity contribution is 6.31. The topological polar surface area (TPSA) is 84.1 Å². The van der Waals surface area contributed by atoms with Gasteiger partial charge in [-0.1, -0.05) is 17.7 Å². The van der Waals surface area contributed by atoms with Crippen molar-refractivity contribution < 1.29 is 9.90 Å². The van der Waals surface area contributed by atoms with Gasteiger partial charge in [-0.15, -0.1) is 0 Å². The molecular formula is C23H24ClN5O2. The Hall–Kier alpha value is -3.45. The lowest BCUT2D eigenvalue weighted by Crippen LogP contribution is -2.25. The van der Waals surface area contributed by atoms with Gasteiger partial charge in [0.05, 0.1) is 17.8 Å². The first-order valence-corrected chi connectivity index (χ1v) is 10.4. The normalized spacial score (nSPS) is 11.1.